The number of ether oxygens (including phenoxy) is 2. The molecule has 0 aliphatic carbocycles. The average molecular weight is 500 g/mol. The summed E-state index contributed by atoms with van der Waals surface area (Å²) in [5.74, 6) is 0.824. The van der Waals surface area contributed by atoms with Crippen molar-refractivity contribution < 1.29 is 14.3 Å². The van der Waals surface area contributed by atoms with E-state index in [1.165, 1.54) is 11.1 Å². The minimum atomic E-state index is -0.0223. The highest BCUT2D eigenvalue weighted by Gasteiger charge is 2.20. The van der Waals surface area contributed by atoms with Crippen LogP contribution in [0.2, 0.25) is 5.02 Å². The lowest BCUT2D eigenvalue weighted by Crippen LogP contribution is -2.43. The van der Waals surface area contributed by atoms with Crippen LogP contribution in [0.25, 0.3) is 0 Å². The number of morpholine rings is 1. The zero-order valence-corrected chi connectivity index (χ0v) is 21.2. The summed E-state index contributed by atoms with van der Waals surface area (Å²) >= 11 is 7.57. The fourth-order valence-electron chi connectivity index (χ4n) is 3.96. The smallest absolute Gasteiger partial charge is 0.254 e. The van der Waals surface area contributed by atoms with Crippen LogP contribution in [0.5, 0.6) is 5.75 Å². The number of amides is 1. The Kier molecular flexibility index (Phi) is 8.56. The number of carbonyl (C=O) groups excluding carboxylic acids is 1. The van der Waals surface area contributed by atoms with Gasteiger partial charge in [-0.15, -0.1) is 11.3 Å². The zero-order valence-electron chi connectivity index (χ0n) is 19.6. The maximum atomic E-state index is 13.3. The Morgan fingerprint density at radius 1 is 1.15 bits per heavy atom. The molecule has 3 aromatic rings. The van der Waals surface area contributed by atoms with E-state index in [2.05, 4.69) is 24.8 Å². The second kappa shape index (κ2) is 11.8. The van der Waals surface area contributed by atoms with Crippen LogP contribution in [-0.4, -0.2) is 60.1 Å². The van der Waals surface area contributed by atoms with Gasteiger partial charge in [0, 0.05) is 42.1 Å². The standard InChI is InChI=1S/C26H30ClN3O3S/c1-19-13-20(2)15-24(14-19)33-17-25-28-23(18-34-25)16-30(8-7-29-9-11-32-12-10-29)26(31)21-3-5-22(27)6-4-21/h3-6,13-15,18H,7-12,16-17H2,1-2H3. The highest BCUT2D eigenvalue weighted by molar-refractivity contribution is 7.09. The van der Waals surface area contributed by atoms with Crippen molar-refractivity contribution in [1.29, 1.82) is 0 Å². The second-order valence-electron chi connectivity index (χ2n) is 8.53. The van der Waals surface area contributed by atoms with Crippen LogP contribution < -0.4 is 4.74 Å². The number of halogens is 1. The third-order valence-electron chi connectivity index (χ3n) is 5.68. The van der Waals surface area contributed by atoms with E-state index in [9.17, 15) is 4.79 Å². The van der Waals surface area contributed by atoms with E-state index < -0.39 is 0 Å². The average Bonchev–Trinajstić information content (AvgIpc) is 3.28. The molecule has 0 radical (unpaired) electrons. The van der Waals surface area contributed by atoms with E-state index >= 15 is 0 Å². The first-order chi connectivity index (χ1) is 16.5. The summed E-state index contributed by atoms with van der Waals surface area (Å²) in [4.78, 5) is 22.2. The van der Waals surface area contributed by atoms with Crippen LogP contribution in [0.1, 0.15) is 32.2 Å². The number of rotatable bonds is 9. The maximum Gasteiger partial charge on any atom is 0.254 e. The molecule has 1 aromatic heterocycles. The number of thiazole rings is 1. The topological polar surface area (TPSA) is 54.9 Å². The van der Waals surface area contributed by atoms with E-state index in [0.29, 0.717) is 30.3 Å². The van der Waals surface area contributed by atoms with Gasteiger partial charge in [0.1, 0.15) is 17.4 Å². The van der Waals surface area contributed by atoms with Crippen LogP contribution in [-0.2, 0) is 17.9 Å². The predicted octanol–water partition coefficient (Wildman–Crippen LogP) is 4.97. The first kappa shape index (κ1) is 24.7. The Morgan fingerprint density at radius 2 is 1.85 bits per heavy atom. The Bertz CT molecular complexity index is 1080. The molecule has 1 amide bonds. The normalized spacial score (nSPS) is 14.2. The summed E-state index contributed by atoms with van der Waals surface area (Å²) < 4.78 is 11.4. The summed E-state index contributed by atoms with van der Waals surface area (Å²) in [5, 5.41) is 3.52. The molecule has 180 valence electrons. The molecule has 2 aromatic carbocycles. The van der Waals surface area contributed by atoms with Crippen molar-refractivity contribution in [3.63, 3.8) is 0 Å². The van der Waals surface area contributed by atoms with Gasteiger partial charge in [-0.3, -0.25) is 9.69 Å². The van der Waals surface area contributed by atoms with E-state index in [1.54, 1.807) is 35.6 Å². The molecule has 1 aliphatic rings. The molecule has 0 N–H and O–H groups in total. The minimum absolute atomic E-state index is 0.0223. The van der Waals surface area contributed by atoms with Gasteiger partial charge in [-0.25, -0.2) is 4.98 Å². The molecule has 0 atom stereocenters. The number of hydrogen-bond acceptors (Lipinski definition) is 6. The molecule has 2 heterocycles. The molecule has 6 nitrogen and oxygen atoms in total. The number of hydrogen-bond donors (Lipinski definition) is 0. The fourth-order valence-corrected chi connectivity index (χ4v) is 4.78. The Labute approximate surface area is 210 Å². The molecule has 0 saturated carbocycles. The van der Waals surface area contributed by atoms with Gasteiger partial charge in [0.15, 0.2) is 0 Å². The van der Waals surface area contributed by atoms with Crippen molar-refractivity contribution in [2.75, 3.05) is 39.4 Å². The molecule has 8 heteroatoms. The van der Waals surface area contributed by atoms with Gasteiger partial charge in [0.25, 0.3) is 5.91 Å². The summed E-state index contributed by atoms with van der Waals surface area (Å²) in [5.41, 5.74) is 3.84. The first-order valence-corrected chi connectivity index (χ1v) is 12.7. The summed E-state index contributed by atoms with van der Waals surface area (Å²) in [6.45, 7) is 9.65. The van der Waals surface area contributed by atoms with Crippen molar-refractivity contribution in [2.45, 2.75) is 27.0 Å². The fraction of sp³-hybridized carbons (Fsp3) is 0.385. The van der Waals surface area contributed by atoms with Crippen molar-refractivity contribution >= 4 is 28.8 Å². The lowest BCUT2D eigenvalue weighted by Gasteiger charge is -2.30. The van der Waals surface area contributed by atoms with E-state index in [-0.39, 0.29) is 5.91 Å². The van der Waals surface area contributed by atoms with Crippen LogP contribution in [0.15, 0.2) is 47.8 Å². The lowest BCUT2D eigenvalue weighted by atomic mass is 10.1. The van der Waals surface area contributed by atoms with Gasteiger partial charge in [-0.1, -0.05) is 17.7 Å². The van der Waals surface area contributed by atoms with Gasteiger partial charge in [0.05, 0.1) is 25.5 Å². The van der Waals surface area contributed by atoms with Gasteiger partial charge < -0.3 is 14.4 Å². The molecule has 1 fully saturated rings. The van der Waals surface area contributed by atoms with Crippen LogP contribution in [0, 0.1) is 13.8 Å². The first-order valence-electron chi connectivity index (χ1n) is 11.5. The Morgan fingerprint density at radius 3 is 2.56 bits per heavy atom. The SMILES string of the molecule is Cc1cc(C)cc(OCc2nc(CN(CCN3CCOCC3)C(=O)c3ccc(Cl)cc3)cs2)c1. The van der Waals surface area contributed by atoms with Crippen molar-refractivity contribution in [3.8, 4) is 5.75 Å². The predicted molar refractivity (Wildman–Crippen MR) is 136 cm³/mol. The summed E-state index contributed by atoms with van der Waals surface area (Å²) in [6, 6.07) is 13.2. The number of carbonyl (C=O) groups is 1. The Hall–Kier alpha value is -2.45. The molecule has 0 spiro atoms. The number of nitrogens with zero attached hydrogens (tertiary/aromatic N) is 3. The van der Waals surface area contributed by atoms with Crippen molar-refractivity contribution in [1.82, 2.24) is 14.8 Å². The molecule has 1 aliphatic heterocycles. The maximum absolute atomic E-state index is 13.3. The van der Waals surface area contributed by atoms with Crippen LogP contribution in [0.4, 0.5) is 0 Å². The minimum Gasteiger partial charge on any atom is -0.486 e. The number of aromatic nitrogens is 1. The summed E-state index contributed by atoms with van der Waals surface area (Å²) in [7, 11) is 0. The largest absolute Gasteiger partial charge is 0.486 e. The molecule has 4 rings (SSSR count). The van der Waals surface area contributed by atoms with Gasteiger partial charge in [-0.05, 0) is 61.4 Å². The Balaban J connectivity index is 1.41. The van der Waals surface area contributed by atoms with Crippen molar-refractivity contribution in [3.05, 3.63) is 80.3 Å². The zero-order chi connectivity index (χ0) is 23.9. The number of benzene rings is 2. The van der Waals surface area contributed by atoms with Gasteiger partial charge in [-0.2, -0.15) is 0 Å². The molecule has 34 heavy (non-hydrogen) atoms. The monoisotopic (exact) mass is 499 g/mol. The summed E-state index contributed by atoms with van der Waals surface area (Å²) in [6.07, 6.45) is 0. The van der Waals surface area contributed by atoms with Gasteiger partial charge in [0.2, 0.25) is 0 Å². The molecule has 0 unspecified atom stereocenters. The van der Waals surface area contributed by atoms with E-state index in [1.807, 2.05) is 22.4 Å². The third-order valence-corrected chi connectivity index (χ3v) is 6.80. The third kappa shape index (κ3) is 7.03. The van der Waals surface area contributed by atoms with Crippen LogP contribution >= 0.6 is 22.9 Å². The molecule has 1 saturated heterocycles. The molecular formula is C26H30ClN3O3S. The van der Waals surface area contributed by atoms with Crippen molar-refractivity contribution in [2.24, 2.45) is 0 Å². The molecule has 0 bridgehead atoms. The highest BCUT2D eigenvalue weighted by Crippen LogP contribution is 2.20. The van der Waals surface area contributed by atoms with E-state index in [0.717, 1.165) is 49.3 Å². The second-order valence-corrected chi connectivity index (χ2v) is 9.91. The van der Waals surface area contributed by atoms with Gasteiger partial charge >= 0.3 is 0 Å². The van der Waals surface area contributed by atoms with E-state index in [4.69, 9.17) is 26.1 Å². The van der Waals surface area contributed by atoms with Crippen LogP contribution in [0.3, 0.4) is 0 Å². The number of aryl methyl sites for hydroxylation is 2. The highest BCUT2D eigenvalue weighted by atomic mass is 35.5. The lowest BCUT2D eigenvalue weighted by molar-refractivity contribution is 0.0319. The quantitative estimate of drug-likeness (QED) is 0.416. The molecular weight excluding hydrogens is 470 g/mol.